The summed E-state index contributed by atoms with van der Waals surface area (Å²) >= 11 is 0. The van der Waals surface area contributed by atoms with Gasteiger partial charge in [-0.15, -0.1) is 0 Å². The van der Waals surface area contributed by atoms with Crippen molar-refractivity contribution in [2.75, 3.05) is 0 Å². The quantitative estimate of drug-likeness (QED) is 0.696. The molecule has 0 saturated heterocycles. The summed E-state index contributed by atoms with van der Waals surface area (Å²) in [6, 6.07) is 0.471. The van der Waals surface area contributed by atoms with E-state index in [1.165, 1.54) is 38.5 Å². The first-order valence-electron chi connectivity index (χ1n) is 8.11. The van der Waals surface area contributed by atoms with Gasteiger partial charge in [0.05, 0.1) is 5.54 Å². The Balaban J connectivity index is 2.74. The number of rotatable bonds is 7. The third-order valence-electron chi connectivity index (χ3n) is 4.80. The highest BCUT2D eigenvalue weighted by Crippen LogP contribution is 2.26. The van der Waals surface area contributed by atoms with Crippen molar-refractivity contribution in [1.29, 1.82) is 0 Å². The van der Waals surface area contributed by atoms with Crippen LogP contribution in [0.25, 0.3) is 0 Å². The lowest BCUT2D eigenvalue weighted by molar-refractivity contribution is -0.125. The molecule has 1 aliphatic carbocycles. The molecule has 0 bridgehead atoms. The zero-order valence-electron chi connectivity index (χ0n) is 13.0. The van der Waals surface area contributed by atoms with E-state index in [1.54, 1.807) is 0 Å². The summed E-state index contributed by atoms with van der Waals surface area (Å²) in [6.07, 6.45) is 10.4. The van der Waals surface area contributed by atoms with E-state index in [2.05, 4.69) is 26.1 Å². The molecule has 2 atom stereocenters. The lowest BCUT2D eigenvalue weighted by Gasteiger charge is -2.36. The van der Waals surface area contributed by atoms with Crippen molar-refractivity contribution in [3.63, 3.8) is 0 Å². The molecule has 1 saturated carbocycles. The molecule has 0 spiro atoms. The Morgan fingerprint density at radius 2 is 1.84 bits per heavy atom. The SMILES string of the molecule is CCC(C)CC(CC)(NC1CCCCCC1)C(N)=O. The number of carbonyl (C=O) groups excluding carboxylic acids is 1. The van der Waals surface area contributed by atoms with E-state index in [-0.39, 0.29) is 5.91 Å². The highest BCUT2D eigenvalue weighted by molar-refractivity contribution is 5.84. The van der Waals surface area contributed by atoms with Crippen molar-refractivity contribution in [3.8, 4) is 0 Å². The number of nitrogens with one attached hydrogen (secondary N) is 1. The van der Waals surface area contributed by atoms with Crippen molar-refractivity contribution in [2.24, 2.45) is 11.7 Å². The molecule has 0 aromatic rings. The van der Waals surface area contributed by atoms with Gasteiger partial charge in [-0.2, -0.15) is 0 Å². The third kappa shape index (κ3) is 4.79. The number of primary amides is 1. The number of hydrogen-bond acceptors (Lipinski definition) is 2. The van der Waals surface area contributed by atoms with Gasteiger partial charge in [0.15, 0.2) is 0 Å². The summed E-state index contributed by atoms with van der Waals surface area (Å²) in [5, 5.41) is 3.65. The molecule has 3 nitrogen and oxygen atoms in total. The fourth-order valence-electron chi connectivity index (χ4n) is 3.20. The van der Waals surface area contributed by atoms with Crippen molar-refractivity contribution in [2.45, 2.75) is 90.1 Å². The van der Waals surface area contributed by atoms with Crippen LogP contribution >= 0.6 is 0 Å². The normalized spacial score (nSPS) is 22.5. The Bertz CT molecular complexity index is 272. The maximum Gasteiger partial charge on any atom is 0.237 e. The average Bonchev–Trinajstić information content (AvgIpc) is 2.65. The van der Waals surface area contributed by atoms with Gasteiger partial charge in [-0.3, -0.25) is 4.79 Å². The molecule has 112 valence electrons. The Morgan fingerprint density at radius 1 is 1.26 bits per heavy atom. The molecule has 0 aliphatic heterocycles. The van der Waals surface area contributed by atoms with Gasteiger partial charge in [0, 0.05) is 6.04 Å². The van der Waals surface area contributed by atoms with Gasteiger partial charge in [-0.25, -0.2) is 0 Å². The standard InChI is InChI=1S/C16H32N2O/c1-4-13(3)12-16(5-2,15(17)19)18-14-10-8-6-7-9-11-14/h13-14,18H,4-12H2,1-3H3,(H2,17,19). The van der Waals surface area contributed by atoms with Crippen LogP contribution in [0, 0.1) is 5.92 Å². The minimum absolute atomic E-state index is 0.167. The van der Waals surface area contributed by atoms with Crippen molar-refractivity contribution in [3.05, 3.63) is 0 Å². The van der Waals surface area contributed by atoms with Crippen LogP contribution in [-0.2, 0) is 4.79 Å². The van der Waals surface area contributed by atoms with E-state index >= 15 is 0 Å². The number of carbonyl (C=O) groups is 1. The van der Waals surface area contributed by atoms with Crippen molar-refractivity contribution in [1.82, 2.24) is 5.32 Å². The summed E-state index contributed by atoms with van der Waals surface area (Å²) in [4.78, 5) is 12.0. The molecule has 1 rings (SSSR count). The minimum atomic E-state index is -0.496. The van der Waals surface area contributed by atoms with E-state index in [9.17, 15) is 4.79 Å². The van der Waals surface area contributed by atoms with Crippen LogP contribution in [0.4, 0.5) is 0 Å². The van der Waals surface area contributed by atoms with Crippen LogP contribution in [0.5, 0.6) is 0 Å². The van der Waals surface area contributed by atoms with Crippen LogP contribution in [0.1, 0.15) is 78.6 Å². The summed E-state index contributed by atoms with van der Waals surface area (Å²) in [5.41, 5.74) is 5.24. The molecule has 2 unspecified atom stereocenters. The maximum atomic E-state index is 12.0. The van der Waals surface area contributed by atoms with Gasteiger partial charge < -0.3 is 11.1 Å². The van der Waals surface area contributed by atoms with Gasteiger partial charge >= 0.3 is 0 Å². The zero-order valence-corrected chi connectivity index (χ0v) is 13.0. The number of amides is 1. The smallest absolute Gasteiger partial charge is 0.237 e. The molecule has 19 heavy (non-hydrogen) atoms. The Labute approximate surface area is 118 Å². The van der Waals surface area contributed by atoms with Gasteiger partial charge in [-0.05, 0) is 31.6 Å². The Morgan fingerprint density at radius 3 is 2.26 bits per heavy atom. The lowest BCUT2D eigenvalue weighted by atomic mass is 9.82. The Kier molecular flexibility index (Phi) is 6.84. The topological polar surface area (TPSA) is 55.1 Å². The third-order valence-corrected chi connectivity index (χ3v) is 4.80. The molecule has 0 radical (unpaired) electrons. The monoisotopic (exact) mass is 268 g/mol. The first-order valence-corrected chi connectivity index (χ1v) is 8.11. The highest BCUT2D eigenvalue weighted by Gasteiger charge is 2.37. The summed E-state index contributed by atoms with van der Waals surface area (Å²) in [7, 11) is 0. The zero-order chi connectivity index (χ0) is 14.3. The van der Waals surface area contributed by atoms with Crippen LogP contribution in [-0.4, -0.2) is 17.5 Å². The van der Waals surface area contributed by atoms with E-state index in [4.69, 9.17) is 5.73 Å². The second kappa shape index (κ2) is 7.88. The fourth-order valence-corrected chi connectivity index (χ4v) is 3.20. The van der Waals surface area contributed by atoms with E-state index in [0.717, 1.165) is 19.3 Å². The van der Waals surface area contributed by atoms with Gasteiger partial charge in [0.2, 0.25) is 5.91 Å². The molecule has 1 aliphatic rings. The van der Waals surface area contributed by atoms with Crippen molar-refractivity contribution >= 4 is 5.91 Å². The average molecular weight is 268 g/mol. The molecule has 3 N–H and O–H groups in total. The van der Waals surface area contributed by atoms with Crippen molar-refractivity contribution < 1.29 is 4.79 Å². The molecule has 1 amide bonds. The summed E-state index contributed by atoms with van der Waals surface area (Å²) in [6.45, 7) is 6.47. The molecule has 0 aromatic carbocycles. The molecule has 3 heteroatoms. The summed E-state index contributed by atoms with van der Waals surface area (Å²) < 4.78 is 0. The molecule has 0 heterocycles. The minimum Gasteiger partial charge on any atom is -0.368 e. The van der Waals surface area contributed by atoms with Crippen LogP contribution in [0.3, 0.4) is 0 Å². The van der Waals surface area contributed by atoms with Crippen LogP contribution in [0.15, 0.2) is 0 Å². The highest BCUT2D eigenvalue weighted by atomic mass is 16.1. The largest absolute Gasteiger partial charge is 0.368 e. The number of nitrogens with two attached hydrogens (primary N) is 1. The molecule has 1 fully saturated rings. The van der Waals surface area contributed by atoms with Crippen LogP contribution < -0.4 is 11.1 Å². The first-order chi connectivity index (χ1) is 9.04. The second-order valence-electron chi connectivity index (χ2n) is 6.35. The second-order valence-corrected chi connectivity index (χ2v) is 6.35. The predicted molar refractivity (Wildman–Crippen MR) is 80.9 cm³/mol. The van der Waals surface area contributed by atoms with E-state index in [0.29, 0.717) is 12.0 Å². The van der Waals surface area contributed by atoms with Gasteiger partial charge in [0.1, 0.15) is 0 Å². The maximum absolute atomic E-state index is 12.0. The molecule has 0 aromatic heterocycles. The van der Waals surface area contributed by atoms with Gasteiger partial charge in [-0.1, -0.05) is 52.9 Å². The lowest BCUT2D eigenvalue weighted by Crippen LogP contribution is -2.59. The van der Waals surface area contributed by atoms with E-state index < -0.39 is 5.54 Å². The molecular weight excluding hydrogens is 236 g/mol. The predicted octanol–water partition coefficient (Wildman–Crippen LogP) is 3.37. The first kappa shape index (κ1) is 16.5. The Hall–Kier alpha value is -0.570. The summed E-state index contributed by atoms with van der Waals surface area (Å²) in [5.74, 6) is 0.366. The number of hydrogen-bond donors (Lipinski definition) is 2. The van der Waals surface area contributed by atoms with Gasteiger partial charge in [0.25, 0.3) is 0 Å². The fraction of sp³-hybridized carbons (Fsp3) is 0.938. The van der Waals surface area contributed by atoms with E-state index in [1.807, 2.05) is 0 Å². The molecular formula is C16H32N2O. The van der Waals surface area contributed by atoms with Crippen LogP contribution in [0.2, 0.25) is 0 Å².